The van der Waals surface area contributed by atoms with Gasteiger partial charge in [0.15, 0.2) is 0 Å². The lowest BCUT2D eigenvalue weighted by Gasteiger charge is -2.16. The predicted octanol–water partition coefficient (Wildman–Crippen LogP) is 2.60. The summed E-state index contributed by atoms with van der Waals surface area (Å²) in [6, 6.07) is 3.58. The van der Waals surface area contributed by atoms with Gasteiger partial charge in [-0.2, -0.15) is 0 Å². The van der Waals surface area contributed by atoms with Crippen LogP contribution in [0.2, 0.25) is 0 Å². The Morgan fingerprint density at radius 3 is 2.67 bits per heavy atom. The number of halogens is 2. The molecule has 0 aliphatic heterocycles. The molecule has 0 radical (unpaired) electrons. The first-order chi connectivity index (χ1) is 7.10. The number of hydrogen-bond acceptors (Lipinski definition) is 3. The summed E-state index contributed by atoms with van der Waals surface area (Å²) in [5, 5.41) is 8.86. The molecule has 0 aliphatic carbocycles. The summed E-state index contributed by atoms with van der Waals surface area (Å²) >= 11 is 6.80. The van der Waals surface area contributed by atoms with Crippen LogP contribution in [0.4, 0.5) is 0 Å². The van der Waals surface area contributed by atoms with Gasteiger partial charge >= 0.3 is 0 Å². The molecule has 1 aromatic carbocycles. The number of aliphatic hydroxyl groups is 1. The van der Waals surface area contributed by atoms with Crippen molar-refractivity contribution in [1.82, 2.24) is 0 Å². The van der Waals surface area contributed by atoms with Gasteiger partial charge in [0.1, 0.15) is 5.75 Å². The fourth-order valence-corrected chi connectivity index (χ4v) is 2.79. The van der Waals surface area contributed by atoms with E-state index in [2.05, 4.69) is 31.9 Å². The highest BCUT2D eigenvalue weighted by Gasteiger charge is 2.15. The fraction of sp³-hybridized carbons (Fsp3) is 0.400. The van der Waals surface area contributed by atoms with Crippen LogP contribution < -0.4 is 10.5 Å². The van der Waals surface area contributed by atoms with Crippen LogP contribution in [0, 0.1) is 0 Å². The van der Waals surface area contributed by atoms with Gasteiger partial charge in [-0.25, -0.2) is 0 Å². The van der Waals surface area contributed by atoms with Crippen LogP contribution in [-0.4, -0.2) is 18.8 Å². The summed E-state index contributed by atoms with van der Waals surface area (Å²) in [6.07, 6.45) is 0.513. The van der Waals surface area contributed by atoms with Crippen LogP contribution in [0.5, 0.6) is 5.75 Å². The molecular formula is C10H13Br2NO2. The largest absolute Gasteiger partial charge is 0.495 e. The highest BCUT2D eigenvalue weighted by atomic mass is 79.9. The normalized spacial score (nSPS) is 12.6. The van der Waals surface area contributed by atoms with Crippen LogP contribution >= 0.6 is 31.9 Å². The maximum absolute atomic E-state index is 8.86. The number of rotatable bonds is 4. The van der Waals surface area contributed by atoms with Gasteiger partial charge in [0.25, 0.3) is 0 Å². The molecule has 0 aliphatic rings. The molecule has 0 spiro atoms. The third-order valence-corrected chi connectivity index (χ3v) is 3.13. The van der Waals surface area contributed by atoms with Crippen LogP contribution in [0.3, 0.4) is 0 Å². The number of aliphatic hydroxyl groups excluding tert-OH is 1. The summed E-state index contributed by atoms with van der Waals surface area (Å²) in [5.74, 6) is 0.721. The van der Waals surface area contributed by atoms with E-state index >= 15 is 0 Å². The van der Waals surface area contributed by atoms with E-state index in [9.17, 15) is 0 Å². The lowest BCUT2D eigenvalue weighted by Crippen LogP contribution is -2.13. The monoisotopic (exact) mass is 337 g/mol. The minimum Gasteiger partial charge on any atom is -0.495 e. The van der Waals surface area contributed by atoms with Crippen molar-refractivity contribution in [2.24, 2.45) is 5.73 Å². The molecule has 1 unspecified atom stereocenters. The molecule has 0 saturated heterocycles. The van der Waals surface area contributed by atoms with Gasteiger partial charge in [-0.05, 0) is 34.5 Å². The zero-order chi connectivity index (χ0) is 11.4. The van der Waals surface area contributed by atoms with Crippen molar-refractivity contribution < 1.29 is 9.84 Å². The van der Waals surface area contributed by atoms with Crippen molar-refractivity contribution in [3.63, 3.8) is 0 Å². The molecule has 0 fully saturated rings. The van der Waals surface area contributed by atoms with E-state index in [1.165, 1.54) is 0 Å². The first kappa shape index (κ1) is 13.0. The van der Waals surface area contributed by atoms with Gasteiger partial charge in [0, 0.05) is 22.7 Å². The third kappa shape index (κ3) is 3.17. The van der Waals surface area contributed by atoms with E-state index in [1.54, 1.807) is 7.11 Å². The van der Waals surface area contributed by atoms with E-state index in [4.69, 9.17) is 15.6 Å². The molecule has 3 nitrogen and oxygen atoms in total. The Balaban J connectivity index is 3.13. The average molecular weight is 339 g/mol. The standard InChI is InChI=1S/C10H13Br2NO2/c1-15-10-7(9(13)2-3-14)4-6(11)5-8(10)12/h4-5,9,14H,2-3,13H2,1H3. The van der Waals surface area contributed by atoms with Crippen molar-refractivity contribution in [2.75, 3.05) is 13.7 Å². The second-order valence-corrected chi connectivity index (χ2v) is 4.90. The minimum atomic E-state index is -0.223. The van der Waals surface area contributed by atoms with Gasteiger partial charge in [-0.1, -0.05) is 15.9 Å². The van der Waals surface area contributed by atoms with Crippen molar-refractivity contribution in [3.05, 3.63) is 26.6 Å². The number of methoxy groups -OCH3 is 1. The Morgan fingerprint density at radius 2 is 2.13 bits per heavy atom. The summed E-state index contributed by atoms with van der Waals surface area (Å²) in [4.78, 5) is 0. The lowest BCUT2D eigenvalue weighted by molar-refractivity contribution is 0.275. The number of nitrogens with two attached hydrogens (primary N) is 1. The summed E-state index contributed by atoms with van der Waals surface area (Å²) < 4.78 is 7.05. The molecule has 3 N–H and O–H groups in total. The molecular weight excluding hydrogens is 326 g/mol. The topological polar surface area (TPSA) is 55.5 Å². The van der Waals surface area contributed by atoms with E-state index in [-0.39, 0.29) is 12.6 Å². The molecule has 1 rings (SSSR count). The smallest absolute Gasteiger partial charge is 0.137 e. The Kier molecular flexibility index (Phi) is 5.05. The van der Waals surface area contributed by atoms with Gasteiger partial charge < -0.3 is 15.6 Å². The zero-order valence-corrected chi connectivity index (χ0v) is 11.5. The van der Waals surface area contributed by atoms with Gasteiger partial charge in [0.2, 0.25) is 0 Å². The molecule has 0 saturated carbocycles. The first-order valence-electron chi connectivity index (χ1n) is 4.49. The quantitative estimate of drug-likeness (QED) is 0.887. The van der Waals surface area contributed by atoms with E-state index in [1.807, 2.05) is 12.1 Å². The molecule has 15 heavy (non-hydrogen) atoms. The zero-order valence-electron chi connectivity index (χ0n) is 8.34. The van der Waals surface area contributed by atoms with Crippen LogP contribution in [0.15, 0.2) is 21.1 Å². The molecule has 84 valence electrons. The van der Waals surface area contributed by atoms with E-state index in [0.29, 0.717) is 6.42 Å². The van der Waals surface area contributed by atoms with Gasteiger partial charge in [-0.3, -0.25) is 0 Å². The molecule has 1 aromatic rings. The van der Waals surface area contributed by atoms with Gasteiger partial charge in [0.05, 0.1) is 11.6 Å². The molecule has 0 aromatic heterocycles. The fourth-order valence-electron chi connectivity index (χ4n) is 1.37. The Labute approximate surface area is 106 Å². The second kappa shape index (κ2) is 5.84. The number of benzene rings is 1. The molecule has 0 amide bonds. The second-order valence-electron chi connectivity index (χ2n) is 3.13. The highest BCUT2D eigenvalue weighted by molar-refractivity contribution is 9.11. The van der Waals surface area contributed by atoms with Crippen molar-refractivity contribution >= 4 is 31.9 Å². The Morgan fingerprint density at radius 1 is 1.47 bits per heavy atom. The average Bonchev–Trinajstić information content (AvgIpc) is 2.17. The summed E-state index contributed by atoms with van der Waals surface area (Å²) in [7, 11) is 1.60. The molecule has 5 heteroatoms. The summed E-state index contributed by atoms with van der Waals surface area (Å²) in [6.45, 7) is 0.0639. The third-order valence-electron chi connectivity index (χ3n) is 2.08. The first-order valence-corrected chi connectivity index (χ1v) is 6.08. The Hall–Kier alpha value is -0.100. The van der Waals surface area contributed by atoms with Crippen molar-refractivity contribution in [3.8, 4) is 5.75 Å². The maximum atomic E-state index is 8.86. The Bertz CT molecular complexity index is 344. The molecule has 0 bridgehead atoms. The van der Waals surface area contributed by atoms with Gasteiger partial charge in [-0.15, -0.1) is 0 Å². The van der Waals surface area contributed by atoms with E-state index < -0.39 is 0 Å². The minimum absolute atomic E-state index is 0.0639. The van der Waals surface area contributed by atoms with E-state index in [0.717, 1.165) is 20.3 Å². The van der Waals surface area contributed by atoms with Crippen LogP contribution in [0.25, 0.3) is 0 Å². The molecule has 1 atom stereocenters. The van der Waals surface area contributed by atoms with Crippen LogP contribution in [0.1, 0.15) is 18.0 Å². The predicted molar refractivity (Wildman–Crippen MR) is 67.0 cm³/mol. The molecule has 0 heterocycles. The number of hydrogen-bond donors (Lipinski definition) is 2. The number of ether oxygens (including phenoxy) is 1. The SMILES string of the molecule is COc1c(Br)cc(Br)cc1C(N)CCO. The maximum Gasteiger partial charge on any atom is 0.137 e. The van der Waals surface area contributed by atoms with Crippen molar-refractivity contribution in [2.45, 2.75) is 12.5 Å². The lowest BCUT2D eigenvalue weighted by atomic mass is 10.0. The summed E-state index contributed by atoms with van der Waals surface area (Å²) in [5.41, 5.74) is 6.82. The van der Waals surface area contributed by atoms with Crippen LogP contribution in [-0.2, 0) is 0 Å². The van der Waals surface area contributed by atoms with Crippen molar-refractivity contribution in [1.29, 1.82) is 0 Å². The highest BCUT2D eigenvalue weighted by Crippen LogP contribution is 2.36.